The molecule has 1 saturated heterocycles. The van der Waals surface area contributed by atoms with Gasteiger partial charge in [0.2, 0.25) is 0 Å². The van der Waals surface area contributed by atoms with E-state index >= 15 is 0 Å². The topological polar surface area (TPSA) is 15.3 Å². The molecule has 0 bridgehead atoms. The summed E-state index contributed by atoms with van der Waals surface area (Å²) in [5, 5.41) is 3.94. The Labute approximate surface area is 123 Å². The van der Waals surface area contributed by atoms with E-state index in [2.05, 4.69) is 54.4 Å². The van der Waals surface area contributed by atoms with Gasteiger partial charge in [0.15, 0.2) is 0 Å². The summed E-state index contributed by atoms with van der Waals surface area (Å²) in [5.74, 6) is 1.75. The Kier molecular flexibility index (Phi) is 4.30. The Balaban J connectivity index is 1.49. The van der Waals surface area contributed by atoms with Gasteiger partial charge in [-0.3, -0.25) is 0 Å². The number of hydrogen-bond acceptors (Lipinski definition) is 2. The van der Waals surface area contributed by atoms with E-state index in [-0.39, 0.29) is 0 Å². The molecule has 1 N–H and O–H groups in total. The summed E-state index contributed by atoms with van der Waals surface area (Å²) in [6.07, 6.45) is 5.35. The third-order valence-corrected chi connectivity index (χ3v) is 5.53. The van der Waals surface area contributed by atoms with Crippen LogP contribution in [0.2, 0.25) is 0 Å². The SMILES string of the molecule is CC1CCC(NC2CCN(c3ccccc3)CC2)C1C. The molecule has 0 amide bonds. The second-order valence-corrected chi connectivity index (χ2v) is 6.78. The van der Waals surface area contributed by atoms with Crippen LogP contribution in [-0.2, 0) is 0 Å². The van der Waals surface area contributed by atoms with Gasteiger partial charge < -0.3 is 10.2 Å². The summed E-state index contributed by atoms with van der Waals surface area (Å²) in [7, 11) is 0. The van der Waals surface area contributed by atoms with Gasteiger partial charge in [-0.1, -0.05) is 32.0 Å². The molecule has 2 fully saturated rings. The summed E-state index contributed by atoms with van der Waals surface area (Å²) in [6.45, 7) is 7.22. The highest BCUT2D eigenvalue weighted by Crippen LogP contribution is 2.32. The van der Waals surface area contributed by atoms with Gasteiger partial charge in [0, 0.05) is 30.9 Å². The molecule has 3 atom stereocenters. The van der Waals surface area contributed by atoms with Crippen molar-refractivity contribution in [2.45, 2.75) is 51.6 Å². The predicted octanol–water partition coefficient (Wildman–Crippen LogP) is 3.68. The lowest BCUT2D eigenvalue weighted by atomic mass is 9.96. The quantitative estimate of drug-likeness (QED) is 0.903. The Bertz CT molecular complexity index is 409. The van der Waals surface area contributed by atoms with Crippen molar-refractivity contribution in [1.29, 1.82) is 0 Å². The lowest BCUT2D eigenvalue weighted by Crippen LogP contribution is -2.47. The van der Waals surface area contributed by atoms with Crippen LogP contribution in [0.25, 0.3) is 0 Å². The van der Waals surface area contributed by atoms with Crippen molar-refractivity contribution in [1.82, 2.24) is 5.32 Å². The van der Waals surface area contributed by atoms with Crippen molar-refractivity contribution in [3.05, 3.63) is 30.3 Å². The van der Waals surface area contributed by atoms with E-state index in [1.807, 2.05) is 0 Å². The molecule has 1 aliphatic heterocycles. The minimum atomic E-state index is 0.729. The van der Waals surface area contributed by atoms with E-state index in [0.717, 1.165) is 23.9 Å². The normalized spacial score (nSPS) is 31.7. The molecule has 110 valence electrons. The van der Waals surface area contributed by atoms with E-state index in [0.29, 0.717) is 0 Å². The van der Waals surface area contributed by atoms with Gasteiger partial charge in [-0.05, 0) is 49.7 Å². The number of rotatable bonds is 3. The first-order valence-corrected chi connectivity index (χ1v) is 8.30. The fraction of sp³-hybridized carbons (Fsp3) is 0.667. The highest BCUT2D eigenvalue weighted by atomic mass is 15.1. The van der Waals surface area contributed by atoms with Gasteiger partial charge in [0.25, 0.3) is 0 Å². The lowest BCUT2D eigenvalue weighted by Gasteiger charge is -2.36. The zero-order valence-corrected chi connectivity index (χ0v) is 12.9. The standard InChI is InChI=1S/C18H28N2/c1-14-8-9-18(15(14)2)19-16-10-12-20(13-11-16)17-6-4-3-5-7-17/h3-7,14-16,18-19H,8-13H2,1-2H3. The van der Waals surface area contributed by atoms with E-state index < -0.39 is 0 Å². The second kappa shape index (κ2) is 6.17. The van der Waals surface area contributed by atoms with Gasteiger partial charge >= 0.3 is 0 Å². The van der Waals surface area contributed by atoms with Crippen LogP contribution in [0, 0.1) is 11.8 Å². The summed E-state index contributed by atoms with van der Waals surface area (Å²) in [5.41, 5.74) is 1.38. The van der Waals surface area contributed by atoms with Crippen molar-refractivity contribution < 1.29 is 0 Å². The molecule has 20 heavy (non-hydrogen) atoms. The van der Waals surface area contributed by atoms with Crippen molar-refractivity contribution >= 4 is 5.69 Å². The smallest absolute Gasteiger partial charge is 0.0366 e. The fourth-order valence-electron chi connectivity index (χ4n) is 3.85. The molecular formula is C18H28N2. The minimum absolute atomic E-state index is 0.729. The molecule has 2 nitrogen and oxygen atoms in total. The average Bonchev–Trinajstić information content (AvgIpc) is 2.81. The maximum absolute atomic E-state index is 3.94. The van der Waals surface area contributed by atoms with Gasteiger partial charge in [-0.2, -0.15) is 0 Å². The van der Waals surface area contributed by atoms with Crippen LogP contribution in [-0.4, -0.2) is 25.2 Å². The Morgan fingerprint density at radius 3 is 2.25 bits per heavy atom. The minimum Gasteiger partial charge on any atom is -0.371 e. The van der Waals surface area contributed by atoms with Crippen molar-refractivity contribution in [2.24, 2.45) is 11.8 Å². The van der Waals surface area contributed by atoms with Gasteiger partial charge in [0.05, 0.1) is 0 Å². The maximum Gasteiger partial charge on any atom is 0.0366 e. The molecule has 3 unspecified atom stereocenters. The predicted molar refractivity (Wildman–Crippen MR) is 86.2 cm³/mol. The molecule has 1 aromatic carbocycles. The molecule has 1 heterocycles. The Hall–Kier alpha value is -1.02. The maximum atomic E-state index is 3.94. The molecule has 2 aliphatic rings. The largest absolute Gasteiger partial charge is 0.371 e. The van der Waals surface area contributed by atoms with E-state index in [4.69, 9.17) is 0 Å². The first kappa shape index (κ1) is 13.9. The molecule has 1 aliphatic carbocycles. The summed E-state index contributed by atoms with van der Waals surface area (Å²) in [6, 6.07) is 12.3. The van der Waals surface area contributed by atoms with Crippen molar-refractivity contribution in [3.8, 4) is 0 Å². The van der Waals surface area contributed by atoms with Crippen LogP contribution in [0.1, 0.15) is 39.5 Å². The van der Waals surface area contributed by atoms with E-state index in [1.54, 1.807) is 0 Å². The first-order chi connectivity index (χ1) is 9.74. The number of hydrogen-bond donors (Lipinski definition) is 1. The zero-order valence-electron chi connectivity index (χ0n) is 12.9. The summed E-state index contributed by atoms with van der Waals surface area (Å²) in [4.78, 5) is 2.53. The third-order valence-electron chi connectivity index (χ3n) is 5.53. The van der Waals surface area contributed by atoms with Crippen LogP contribution < -0.4 is 10.2 Å². The molecule has 0 spiro atoms. The average molecular weight is 272 g/mol. The highest BCUT2D eigenvalue weighted by Gasteiger charge is 2.31. The molecule has 1 aromatic rings. The Morgan fingerprint density at radius 2 is 1.65 bits per heavy atom. The van der Waals surface area contributed by atoms with E-state index in [1.165, 1.54) is 44.5 Å². The first-order valence-electron chi connectivity index (χ1n) is 8.30. The van der Waals surface area contributed by atoms with Crippen LogP contribution in [0.15, 0.2) is 30.3 Å². The van der Waals surface area contributed by atoms with E-state index in [9.17, 15) is 0 Å². The third kappa shape index (κ3) is 3.01. The number of anilines is 1. The second-order valence-electron chi connectivity index (χ2n) is 6.78. The van der Waals surface area contributed by atoms with Crippen LogP contribution in [0.3, 0.4) is 0 Å². The van der Waals surface area contributed by atoms with Crippen LogP contribution in [0.4, 0.5) is 5.69 Å². The monoisotopic (exact) mass is 272 g/mol. The van der Waals surface area contributed by atoms with Gasteiger partial charge in [0.1, 0.15) is 0 Å². The van der Waals surface area contributed by atoms with Gasteiger partial charge in [-0.15, -0.1) is 0 Å². The molecule has 0 aromatic heterocycles. The number of piperidine rings is 1. The van der Waals surface area contributed by atoms with Crippen LogP contribution >= 0.6 is 0 Å². The molecular weight excluding hydrogens is 244 g/mol. The number of nitrogens with zero attached hydrogens (tertiary/aromatic N) is 1. The molecule has 3 rings (SSSR count). The summed E-state index contributed by atoms with van der Waals surface area (Å²) >= 11 is 0. The summed E-state index contributed by atoms with van der Waals surface area (Å²) < 4.78 is 0. The number of para-hydroxylation sites is 1. The van der Waals surface area contributed by atoms with Crippen molar-refractivity contribution in [3.63, 3.8) is 0 Å². The molecule has 1 saturated carbocycles. The lowest BCUT2D eigenvalue weighted by molar-refractivity contribution is 0.309. The fourth-order valence-corrected chi connectivity index (χ4v) is 3.85. The van der Waals surface area contributed by atoms with Crippen molar-refractivity contribution in [2.75, 3.05) is 18.0 Å². The van der Waals surface area contributed by atoms with Crippen LogP contribution in [0.5, 0.6) is 0 Å². The zero-order chi connectivity index (χ0) is 13.9. The molecule has 2 heteroatoms. The van der Waals surface area contributed by atoms with Gasteiger partial charge in [-0.25, -0.2) is 0 Å². The Morgan fingerprint density at radius 1 is 0.950 bits per heavy atom. The number of benzene rings is 1. The number of nitrogens with one attached hydrogen (secondary N) is 1. The molecule has 0 radical (unpaired) electrons. The highest BCUT2D eigenvalue weighted by molar-refractivity contribution is 5.46.